The highest BCUT2D eigenvalue weighted by molar-refractivity contribution is 7.26. The van der Waals surface area contributed by atoms with Crippen LogP contribution in [0.2, 0.25) is 0 Å². The average molecular weight is 1080 g/mol. The van der Waals surface area contributed by atoms with Gasteiger partial charge in [-0.05, 0) is 145 Å². The van der Waals surface area contributed by atoms with Gasteiger partial charge in [-0.25, -0.2) is 0 Å². The van der Waals surface area contributed by atoms with E-state index in [1.54, 1.807) is 0 Å². The standard InChI is InChI=1S/C42H26S.C38H24S/c1-2-15-28-27(13-1)14-11-23-29(28)30-16-3-4-17-31(30)40-32-18-5-7-20-34(32)41(35-21-8-6-19-33(35)40)37-24-12-26-39-42(37)36-22-9-10-25-38(36)43-39;1-2-11-25(12-3-1)26-21-23-27(24-22-26)36-28-13-4-6-15-30(28)37(31-16-7-5-14-29(31)36)33-18-10-20-35-38(33)32-17-8-9-19-34(32)39-35/h1-26H;1-24H. The normalized spacial score (nSPS) is 11.7. The molecule has 17 rings (SSSR count). The summed E-state index contributed by atoms with van der Waals surface area (Å²) in [6, 6.07) is 111. The molecule has 0 N–H and O–H groups in total. The topological polar surface area (TPSA) is 0 Å². The van der Waals surface area contributed by atoms with E-state index in [1.807, 2.05) is 22.7 Å². The van der Waals surface area contributed by atoms with Crippen molar-refractivity contribution in [2.75, 3.05) is 0 Å². The van der Waals surface area contributed by atoms with Crippen LogP contribution in [0.25, 0.3) is 161 Å². The molecule has 0 radical (unpaired) electrons. The SMILES string of the molecule is c1ccc(-c2c3ccccc3c(-c3cccc4sc5ccccc5c34)c3ccccc23)c(-c2cccc3ccccc23)c1.c1ccc(-c2ccc(-c3c4ccccc4c(-c4cccc5sc6ccccc6c45)c4ccccc34)cc2)cc1. The number of hydrogen-bond acceptors (Lipinski definition) is 2. The fourth-order valence-electron chi connectivity index (χ4n) is 13.3. The minimum absolute atomic E-state index is 1.24. The summed E-state index contributed by atoms with van der Waals surface area (Å²) in [6.07, 6.45) is 0. The predicted octanol–water partition coefficient (Wildman–Crippen LogP) is 23.9. The molecule has 17 aromatic rings. The van der Waals surface area contributed by atoms with Gasteiger partial charge in [-0.2, -0.15) is 0 Å². The van der Waals surface area contributed by atoms with Gasteiger partial charge in [0.25, 0.3) is 0 Å². The molecule has 82 heavy (non-hydrogen) atoms. The monoisotopic (exact) mass is 1070 g/mol. The molecule has 0 saturated carbocycles. The summed E-state index contributed by atoms with van der Waals surface area (Å²) >= 11 is 3.76. The second-order valence-electron chi connectivity index (χ2n) is 21.3. The Kier molecular flexibility index (Phi) is 11.7. The zero-order chi connectivity index (χ0) is 54.1. The van der Waals surface area contributed by atoms with Crippen LogP contribution in [0.3, 0.4) is 0 Å². The first-order chi connectivity index (χ1) is 40.7. The zero-order valence-corrected chi connectivity index (χ0v) is 46.3. The van der Waals surface area contributed by atoms with Gasteiger partial charge in [0.15, 0.2) is 0 Å². The molecule has 0 amide bonds. The van der Waals surface area contributed by atoms with Crippen LogP contribution < -0.4 is 0 Å². The molecule has 0 fully saturated rings. The molecule has 0 atom stereocenters. The molecular weight excluding hydrogens is 1030 g/mol. The Morgan fingerprint density at radius 2 is 0.463 bits per heavy atom. The van der Waals surface area contributed by atoms with Crippen molar-refractivity contribution in [1.82, 2.24) is 0 Å². The Bertz CT molecular complexity index is 5210. The van der Waals surface area contributed by atoms with Gasteiger partial charge in [-0.1, -0.05) is 279 Å². The number of rotatable bonds is 6. The van der Waals surface area contributed by atoms with Crippen LogP contribution in [-0.2, 0) is 0 Å². The number of thiophene rings is 2. The molecule has 0 aliphatic heterocycles. The molecule has 0 nitrogen and oxygen atoms in total. The van der Waals surface area contributed by atoms with E-state index in [0.29, 0.717) is 0 Å². The van der Waals surface area contributed by atoms with Crippen molar-refractivity contribution < 1.29 is 0 Å². The van der Waals surface area contributed by atoms with Crippen LogP contribution in [-0.4, -0.2) is 0 Å². The van der Waals surface area contributed by atoms with Crippen molar-refractivity contribution in [2.45, 2.75) is 0 Å². The first-order valence-electron chi connectivity index (χ1n) is 28.1. The third-order valence-corrected chi connectivity index (χ3v) is 19.0. The van der Waals surface area contributed by atoms with Crippen LogP contribution in [0.1, 0.15) is 0 Å². The van der Waals surface area contributed by atoms with Crippen molar-refractivity contribution in [3.8, 4) is 66.8 Å². The van der Waals surface area contributed by atoms with Gasteiger partial charge < -0.3 is 0 Å². The van der Waals surface area contributed by atoms with Crippen molar-refractivity contribution in [3.63, 3.8) is 0 Å². The van der Waals surface area contributed by atoms with Crippen molar-refractivity contribution in [1.29, 1.82) is 0 Å². The molecule has 0 unspecified atom stereocenters. The fourth-order valence-corrected chi connectivity index (χ4v) is 15.5. The quantitative estimate of drug-likeness (QED) is 0.146. The predicted molar refractivity (Wildman–Crippen MR) is 359 cm³/mol. The second kappa shape index (κ2) is 20.0. The van der Waals surface area contributed by atoms with Crippen LogP contribution in [0.5, 0.6) is 0 Å². The molecule has 382 valence electrons. The van der Waals surface area contributed by atoms with Gasteiger partial charge in [0, 0.05) is 40.3 Å². The second-order valence-corrected chi connectivity index (χ2v) is 23.4. The van der Waals surface area contributed by atoms with E-state index in [1.165, 1.54) is 161 Å². The van der Waals surface area contributed by atoms with E-state index < -0.39 is 0 Å². The maximum atomic E-state index is 2.32. The van der Waals surface area contributed by atoms with E-state index in [-0.39, 0.29) is 0 Å². The highest BCUT2D eigenvalue weighted by Gasteiger charge is 2.23. The molecule has 0 bridgehead atoms. The lowest BCUT2D eigenvalue weighted by Crippen LogP contribution is -1.93. The summed E-state index contributed by atoms with van der Waals surface area (Å²) in [5, 5.41) is 18.2. The molecule has 0 spiro atoms. The molecule has 15 aromatic carbocycles. The Balaban J connectivity index is 0.000000136. The maximum absolute atomic E-state index is 2.32. The molecule has 2 aromatic heterocycles. The van der Waals surface area contributed by atoms with Gasteiger partial charge in [0.2, 0.25) is 0 Å². The molecule has 0 saturated heterocycles. The number of hydrogen-bond donors (Lipinski definition) is 0. The van der Waals surface area contributed by atoms with Crippen molar-refractivity contribution in [3.05, 3.63) is 303 Å². The summed E-state index contributed by atoms with van der Waals surface area (Å²) in [5.74, 6) is 0. The average Bonchev–Trinajstić information content (AvgIpc) is 3.94. The van der Waals surface area contributed by atoms with Gasteiger partial charge >= 0.3 is 0 Å². The lowest BCUT2D eigenvalue weighted by molar-refractivity contribution is 1.61. The van der Waals surface area contributed by atoms with Gasteiger partial charge in [0.1, 0.15) is 0 Å². The third-order valence-electron chi connectivity index (χ3n) is 16.8. The molecular formula is C80H50S2. The van der Waals surface area contributed by atoms with Crippen molar-refractivity contribution in [2.24, 2.45) is 0 Å². The smallest absolute Gasteiger partial charge is 0.0361 e. The molecule has 2 heterocycles. The van der Waals surface area contributed by atoms with Gasteiger partial charge in [0.05, 0.1) is 0 Å². The Morgan fingerprint density at radius 1 is 0.159 bits per heavy atom. The minimum Gasteiger partial charge on any atom is -0.135 e. The highest BCUT2D eigenvalue weighted by Crippen LogP contribution is 2.51. The zero-order valence-electron chi connectivity index (χ0n) is 44.7. The Hall–Kier alpha value is -9.96. The molecule has 0 aliphatic carbocycles. The van der Waals surface area contributed by atoms with E-state index in [2.05, 4.69) is 303 Å². The fraction of sp³-hybridized carbons (Fsp3) is 0. The summed E-state index contributed by atoms with van der Waals surface area (Å²) < 4.78 is 5.34. The van der Waals surface area contributed by atoms with E-state index in [9.17, 15) is 0 Å². The maximum Gasteiger partial charge on any atom is 0.0361 e. The largest absolute Gasteiger partial charge is 0.135 e. The molecule has 0 aliphatic rings. The first-order valence-corrected chi connectivity index (χ1v) is 29.8. The Morgan fingerprint density at radius 3 is 0.963 bits per heavy atom. The van der Waals surface area contributed by atoms with Crippen molar-refractivity contribution >= 4 is 117 Å². The summed E-state index contributed by atoms with van der Waals surface area (Å²) in [6.45, 7) is 0. The third kappa shape index (κ3) is 7.86. The molecule has 2 heteroatoms. The highest BCUT2D eigenvalue weighted by atomic mass is 32.1. The lowest BCUT2D eigenvalue weighted by Gasteiger charge is -2.20. The summed E-state index contributed by atoms with van der Waals surface area (Å²) in [5.41, 5.74) is 15.3. The lowest BCUT2D eigenvalue weighted by atomic mass is 9.82. The van der Waals surface area contributed by atoms with Crippen LogP contribution in [0, 0.1) is 0 Å². The van der Waals surface area contributed by atoms with E-state index >= 15 is 0 Å². The van der Waals surface area contributed by atoms with E-state index in [4.69, 9.17) is 0 Å². The summed E-state index contributed by atoms with van der Waals surface area (Å²) in [4.78, 5) is 0. The van der Waals surface area contributed by atoms with Crippen LogP contribution in [0.15, 0.2) is 303 Å². The number of benzene rings is 15. The van der Waals surface area contributed by atoms with Crippen LogP contribution >= 0.6 is 22.7 Å². The first kappa shape index (κ1) is 48.0. The van der Waals surface area contributed by atoms with Gasteiger partial charge in [-0.3, -0.25) is 0 Å². The van der Waals surface area contributed by atoms with Gasteiger partial charge in [-0.15, -0.1) is 22.7 Å². The van der Waals surface area contributed by atoms with Crippen LogP contribution in [0.4, 0.5) is 0 Å². The van der Waals surface area contributed by atoms with E-state index in [0.717, 1.165) is 0 Å². The minimum atomic E-state index is 1.24. The number of fused-ring (bicyclic) bond motifs is 11. The summed E-state index contributed by atoms with van der Waals surface area (Å²) in [7, 11) is 0. The Labute approximate surface area is 483 Å².